The molecule has 1 saturated heterocycles. The van der Waals surface area contributed by atoms with Crippen LogP contribution in [-0.4, -0.2) is 18.1 Å². The molecule has 3 rings (SSSR count). The van der Waals surface area contributed by atoms with Crippen LogP contribution >= 0.6 is 34.5 Å². The van der Waals surface area contributed by atoms with Gasteiger partial charge in [-0.05, 0) is 17.7 Å². The lowest BCUT2D eigenvalue weighted by molar-refractivity contribution is 0.448. The molecule has 0 radical (unpaired) electrons. The van der Waals surface area contributed by atoms with Crippen molar-refractivity contribution in [2.45, 2.75) is 5.92 Å². The van der Waals surface area contributed by atoms with E-state index in [0.29, 0.717) is 16.0 Å². The van der Waals surface area contributed by atoms with Gasteiger partial charge in [0.25, 0.3) is 0 Å². The highest BCUT2D eigenvalue weighted by Crippen LogP contribution is 2.38. The second-order valence-electron chi connectivity index (χ2n) is 4.05. The van der Waals surface area contributed by atoms with E-state index in [4.69, 9.17) is 23.2 Å². The molecule has 1 aliphatic rings. The number of nitrogens with zero attached hydrogens (tertiary/aromatic N) is 1. The van der Waals surface area contributed by atoms with Crippen LogP contribution in [0.3, 0.4) is 0 Å². The van der Waals surface area contributed by atoms with Gasteiger partial charge in [0.2, 0.25) is 0 Å². The Hall–Kier alpha value is -0.610. The highest BCUT2D eigenvalue weighted by atomic mass is 35.5. The van der Waals surface area contributed by atoms with Crippen LogP contribution in [0.15, 0.2) is 23.7 Å². The minimum absolute atomic E-state index is 0.537. The van der Waals surface area contributed by atoms with Crippen LogP contribution in [0.2, 0.25) is 10.0 Å². The van der Waals surface area contributed by atoms with E-state index < -0.39 is 0 Å². The third-order valence-electron chi connectivity index (χ3n) is 2.96. The predicted molar refractivity (Wildman–Crippen MR) is 73.2 cm³/mol. The van der Waals surface area contributed by atoms with Gasteiger partial charge >= 0.3 is 0 Å². The Balaban J connectivity index is 2.06. The number of rotatable bonds is 2. The standard InChI is InChI=1S/C12H10Cl2N2S/c13-9-3-7(8-5-15-6-8)4-10(14)11(9)12-16-1-2-17-12/h1-4,8,15H,5-6H2. The van der Waals surface area contributed by atoms with Crippen molar-refractivity contribution < 1.29 is 0 Å². The third-order valence-corrected chi connectivity index (χ3v) is 4.35. The minimum Gasteiger partial charge on any atom is -0.315 e. The first-order valence-electron chi connectivity index (χ1n) is 5.35. The second kappa shape index (κ2) is 4.58. The molecule has 1 aromatic heterocycles. The van der Waals surface area contributed by atoms with Gasteiger partial charge in [-0.3, -0.25) is 0 Å². The lowest BCUT2D eigenvalue weighted by Crippen LogP contribution is -2.39. The summed E-state index contributed by atoms with van der Waals surface area (Å²) in [5.74, 6) is 0.537. The molecule has 17 heavy (non-hydrogen) atoms. The molecule has 0 unspecified atom stereocenters. The van der Waals surface area contributed by atoms with Gasteiger partial charge in [-0.2, -0.15) is 0 Å². The first-order valence-corrected chi connectivity index (χ1v) is 6.99. The average Bonchev–Trinajstić information content (AvgIpc) is 2.66. The zero-order chi connectivity index (χ0) is 11.8. The zero-order valence-corrected chi connectivity index (χ0v) is 11.2. The molecular weight excluding hydrogens is 275 g/mol. The van der Waals surface area contributed by atoms with E-state index in [-0.39, 0.29) is 0 Å². The first-order chi connectivity index (χ1) is 8.25. The average molecular weight is 285 g/mol. The molecule has 5 heteroatoms. The van der Waals surface area contributed by atoms with Crippen molar-refractivity contribution in [3.05, 3.63) is 39.3 Å². The van der Waals surface area contributed by atoms with Crippen molar-refractivity contribution in [3.8, 4) is 10.6 Å². The molecule has 0 amide bonds. The number of halogens is 2. The summed E-state index contributed by atoms with van der Waals surface area (Å²) in [6.45, 7) is 2.01. The van der Waals surface area contributed by atoms with Gasteiger partial charge in [0.1, 0.15) is 5.01 Å². The molecule has 1 fully saturated rings. The number of aromatic nitrogens is 1. The van der Waals surface area contributed by atoms with E-state index in [1.54, 1.807) is 17.5 Å². The second-order valence-corrected chi connectivity index (χ2v) is 5.76. The fourth-order valence-corrected chi connectivity index (χ4v) is 3.41. The number of nitrogens with one attached hydrogen (secondary N) is 1. The van der Waals surface area contributed by atoms with Crippen LogP contribution < -0.4 is 5.32 Å². The molecule has 0 aliphatic carbocycles. The van der Waals surface area contributed by atoms with Crippen LogP contribution in [0.25, 0.3) is 10.6 Å². The van der Waals surface area contributed by atoms with Crippen molar-refractivity contribution in [1.82, 2.24) is 10.3 Å². The Labute approximate surface area is 114 Å². The van der Waals surface area contributed by atoms with E-state index in [1.807, 2.05) is 17.5 Å². The monoisotopic (exact) mass is 284 g/mol. The van der Waals surface area contributed by atoms with Gasteiger partial charge in [-0.1, -0.05) is 23.2 Å². The van der Waals surface area contributed by atoms with Crippen molar-refractivity contribution in [2.24, 2.45) is 0 Å². The summed E-state index contributed by atoms with van der Waals surface area (Å²) in [6, 6.07) is 4.02. The molecule has 0 atom stereocenters. The van der Waals surface area contributed by atoms with Gasteiger partial charge < -0.3 is 5.32 Å². The lowest BCUT2D eigenvalue weighted by Gasteiger charge is -2.28. The third kappa shape index (κ3) is 2.08. The minimum atomic E-state index is 0.537. The summed E-state index contributed by atoms with van der Waals surface area (Å²) < 4.78 is 0. The van der Waals surface area contributed by atoms with E-state index >= 15 is 0 Å². The summed E-state index contributed by atoms with van der Waals surface area (Å²) >= 11 is 14.2. The lowest BCUT2D eigenvalue weighted by atomic mass is 9.93. The summed E-state index contributed by atoms with van der Waals surface area (Å²) in [5, 5.41) is 7.42. The van der Waals surface area contributed by atoms with E-state index in [9.17, 15) is 0 Å². The van der Waals surface area contributed by atoms with Crippen LogP contribution in [0, 0.1) is 0 Å². The molecule has 2 aromatic rings. The Kier molecular flexibility index (Phi) is 3.09. The first kappa shape index (κ1) is 11.5. The van der Waals surface area contributed by atoms with E-state index in [0.717, 1.165) is 23.7 Å². The summed E-state index contributed by atoms with van der Waals surface area (Å²) in [6.07, 6.45) is 1.76. The molecule has 0 bridgehead atoms. The maximum atomic E-state index is 6.31. The number of hydrogen-bond donors (Lipinski definition) is 1. The van der Waals surface area contributed by atoms with Gasteiger partial charge in [0, 0.05) is 36.1 Å². The van der Waals surface area contributed by atoms with Crippen LogP contribution in [0.5, 0.6) is 0 Å². The molecule has 1 aromatic carbocycles. The molecule has 0 spiro atoms. The summed E-state index contributed by atoms with van der Waals surface area (Å²) in [4.78, 5) is 4.25. The molecular formula is C12H10Cl2N2S. The van der Waals surface area contributed by atoms with Crippen molar-refractivity contribution >= 4 is 34.5 Å². The van der Waals surface area contributed by atoms with Crippen molar-refractivity contribution in [3.63, 3.8) is 0 Å². The maximum absolute atomic E-state index is 6.31. The smallest absolute Gasteiger partial charge is 0.126 e. The Morgan fingerprint density at radius 1 is 1.24 bits per heavy atom. The fraction of sp³-hybridized carbons (Fsp3) is 0.250. The molecule has 88 valence electrons. The summed E-state index contributed by atoms with van der Waals surface area (Å²) in [5.41, 5.74) is 2.05. The topological polar surface area (TPSA) is 24.9 Å². The van der Waals surface area contributed by atoms with Crippen molar-refractivity contribution in [2.75, 3.05) is 13.1 Å². The largest absolute Gasteiger partial charge is 0.315 e. The SMILES string of the molecule is Clc1cc(C2CNC2)cc(Cl)c1-c1nccs1. The molecule has 2 heterocycles. The van der Waals surface area contributed by atoms with Crippen molar-refractivity contribution in [1.29, 1.82) is 0 Å². The highest BCUT2D eigenvalue weighted by molar-refractivity contribution is 7.13. The Morgan fingerprint density at radius 2 is 1.94 bits per heavy atom. The normalized spacial score (nSPS) is 15.9. The van der Waals surface area contributed by atoms with Crippen LogP contribution in [0.4, 0.5) is 0 Å². The van der Waals surface area contributed by atoms with Gasteiger partial charge in [0.05, 0.1) is 10.0 Å². The molecule has 0 saturated carbocycles. The van der Waals surface area contributed by atoms with Gasteiger partial charge in [-0.25, -0.2) is 4.98 Å². The Bertz CT molecular complexity index is 512. The fourth-order valence-electron chi connectivity index (χ4n) is 1.90. The molecule has 2 nitrogen and oxygen atoms in total. The highest BCUT2D eigenvalue weighted by Gasteiger charge is 2.21. The maximum Gasteiger partial charge on any atom is 0.126 e. The quantitative estimate of drug-likeness (QED) is 0.907. The summed E-state index contributed by atoms with van der Waals surface area (Å²) in [7, 11) is 0. The van der Waals surface area contributed by atoms with E-state index in [2.05, 4.69) is 10.3 Å². The number of hydrogen-bond acceptors (Lipinski definition) is 3. The molecule has 1 aliphatic heterocycles. The number of benzene rings is 1. The zero-order valence-electron chi connectivity index (χ0n) is 8.91. The predicted octanol–water partition coefficient (Wildman–Crippen LogP) is 3.80. The van der Waals surface area contributed by atoms with Gasteiger partial charge in [0.15, 0.2) is 0 Å². The van der Waals surface area contributed by atoms with Crippen LogP contribution in [0.1, 0.15) is 11.5 Å². The van der Waals surface area contributed by atoms with Gasteiger partial charge in [-0.15, -0.1) is 11.3 Å². The Morgan fingerprint density at radius 3 is 2.41 bits per heavy atom. The van der Waals surface area contributed by atoms with Crippen LogP contribution in [-0.2, 0) is 0 Å². The van der Waals surface area contributed by atoms with E-state index in [1.165, 1.54) is 5.56 Å². The number of thiazole rings is 1. The molecule has 1 N–H and O–H groups in total.